The molecule has 2 N–H and O–H groups in total. The molecule has 0 fully saturated rings. The number of aromatic nitrogens is 1. The molecule has 0 bridgehead atoms. The third kappa shape index (κ3) is 4.51. The Labute approximate surface area is 127 Å². The summed E-state index contributed by atoms with van der Waals surface area (Å²) in [5, 5.41) is 5.93. The zero-order chi connectivity index (χ0) is 14.4. The fourth-order valence-electron chi connectivity index (χ4n) is 1.73. The molecule has 6 heteroatoms. The van der Waals surface area contributed by atoms with Crippen LogP contribution in [0.3, 0.4) is 0 Å². The highest BCUT2D eigenvalue weighted by atomic mass is 35.5. The van der Waals surface area contributed by atoms with Crippen molar-refractivity contribution >= 4 is 34.5 Å². The molecular formula is C14H16ClN3OS. The minimum absolute atomic E-state index is 0.0641. The minimum Gasteiger partial charge on any atom is -0.380 e. The molecule has 20 heavy (non-hydrogen) atoms. The van der Waals surface area contributed by atoms with Crippen LogP contribution in [-0.2, 0) is 17.8 Å². The Morgan fingerprint density at radius 2 is 2.10 bits per heavy atom. The quantitative estimate of drug-likeness (QED) is 0.862. The number of thiazole rings is 1. The zero-order valence-corrected chi connectivity index (χ0v) is 12.7. The van der Waals surface area contributed by atoms with Gasteiger partial charge in [0.25, 0.3) is 0 Å². The molecule has 1 amide bonds. The van der Waals surface area contributed by atoms with Crippen LogP contribution in [-0.4, -0.2) is 17.9 Å². The van der Waals surface area contributed by atoms with Crippen molar-refractivity contribution in [1.82, 2.24) is 10.3 Å². The van der Waals surface area contributed by atoms with Gasteiger partial charge in [-0.2, -0.15) is 0 Å². The van der Waals surface area contributed by atoms with Crippen LogP contribution in [0.25, 0.3) is 0 Å². The van der Waals surface area contributed by atoms with Crippen molar-refractivity contribution in [3.8, 4) is 0 Å². The van der Waals surface area contributed by atoms with E-state index in [2.05, 4.69) is 15.6 Å². The van der Waals surface area contributed by atoms with E-state index in [1.165, 1.54) is 11.3 Å². The van der Waals surface area contributed by atoms with Gasteiger partial charge in [-0.05, 0) is 24.1 Å². The molecule has 4 nitrogen and oxygen atoms in total. The number of carbonyl (C=O) groups excluding carboxylic acids is 1. The number of hydrogen-bond acceptors (Lipinski definition) is 4. The third-order valence-electron chi connectivity index (χ3n) is 2.87. The van der Waals surface area contributed by atoms with Crippen LogP contribution in [0.2, 0.25) is 4.47 Å². The second-order valence-corrected chi connectivity index (χ2v) is 6.00. The monoisotopic (exact) mass is 309 g/mol. The van der Waals surface area contributed by atoms with Gasteiger partial charge in [-0.3, -0.25) is 4.79 Å². The van der Waals surface area contributed by atoms with Crippen molar-refractivity contribution in [1.29, 1.82) is 0 Å². The van der Waals surface area contributed by atoms with Gasteiger partial charge in [-0.1, -0.05) is 23.7 Å². The molecule has 0 saturated heterocycles. The van der Waals surface area contributed by atoms with E-state index < -0.39 is 0 Å². The highest BCUT2D eigenvalue weighted by Gasteiger charge is 2.01. The Bertz CT molecular complexity index is 568. The number of halogens is 1. The largest absolute Gasteiger partial charge is 0.380 e. The molecule has 0 aliphatic carbocycles. The van der Waals surface area contributed by atoms with Gasteiger partial charge in [-0.15, -0.1) is 11.3 Å². The Balaban J connectivity index is 1.83. The molecule has 1 aromatic carbocycles. The Morgan fingerprint density at radius 1 is 1.35 bits per heavy atom. The van der Waals surface area contributed by atoms with Crippen molar-refractivity contribution in [3.63, 3.8) is 0 Å². The predicted octanol–water partition coefficient (Wildman–Crippen LogP) is 3.09. The van der Waals surface area contributed by atoms with Crippen molar-refractivity contribution in [2.75, 3.05) is 12.4 Å². The van der Waals surface area contributed by atoms with E-state index in [0.717, 1.165) is 22.5 Å². The maximum Gasteiger partial charge on any atom is 0.220 e. The van der Waals surface area contributed by atoms with E-state index in [1.807, 2.05) is 24.3 Å². The van der Waals surface area contributed by atoms with Crippen LogP contribution in [0.5, 0.6) is 0 Å². The van der Waals surface area contributed by atoms with Gasteiger partial charge >= 0.3 is 0 Å². The SMILES string of the molecule is CNC(=O)CCc1ccc(NCc2cnc(Cl)s2)cc1. The minimum atomic E-state index is 0.0641. The van der Waals surface area contributed by atoms with Gasteiger partial charge < -0.3 is 10.6 Å². The second-order valence-electron chi connectivity index (χ2n) is 4.30. The summed E-state index contributed by atoms with van der Waals surface area (Å²) in [5.41, 5.74) is 2.19. The van der Waals surface area contributed by atoms with Crippen LogP contribution >= 0.6 is 22.9 Å². The number of hydrogen-bond donors (Lipinski definition) is 2. The lowest BCUT2D eigenvalue weighted by molar-refractivity contribution is -0.120. The van der Waals surface area contributed by atoms with Crippen LogP contribution in [0.1, 0.15) is 16.9 Å². The van der Waals surface area contributed by atoms with Gasteiger partial charge in [0, 0.05) is 30.2 Å². The van der Waals surface area contributed by atoms with E-state index in [4.69, 9.17) is 11.6 Å². The number of aryl methyl sites for hydroxylation is 1. The van der Waals surface area contributed by atoms with Gasteiger partial charge in [0.05, 0.1) is 6.54 Å². The molecular weight excluding hydrogens is 294 g/mol. The van der Waals surface area contributed by atoms with Crippen molar-refractivity contribution in [2.45, 2.75) is 19.4 Å². The van der Waals surface area contributed by atoms with Crippen molar-refractivity contribution < 1.29 is 4.79 Å². The van der Waals surface area contributed by atoms with Gasteiger partial charge in [0.1, 0.15) is 0 Å². The second kappa shape index (κ2) is 7.26. The first-order chi connectivity index (χ1) is 9.67. The van der Waals surface area contributed by atoms with Crippen molar-refractivity contribution in [3.05, 3.63) is 45.4 Å². The van der Waals surface area contributed by atoms with E-state index in [1.54, 1.807) is 13.2 Å². The van der Waals surface area contributed by atoms with Crippen LogP contribution in [0.4, 0.5) is 5.69 Å². The molecule has 0 aliphatic heterocycles. The normalized spacial score (nSPS) is 10.3. The van der Waals surface area contributed by atoms with Crippen LogP contribution < -0.4 is 10.6 Å². The zero-order valence-electron chi connectivity index (χ0n) is 11.1. The first-order valence-corrected chi connectivity index (χ1v) is 7.50. The maximum absolute atomic E-state index is 11.2. The summed E-state index contributed by atoms with van der Waals surface area (Å²) in [7, 11) is 1.65. The summed E-state index contributed by atoms with van der Waals surface area (Å²) in [5.74, 6) is 0.0641. The summed E-state index contributed by atoms with van der Waals surface area (Å²) >= 11 is 7.25. The Kier molecular flexibility index (Phi) is 5.38. The highest BCUT2D eigenvalue weighted by molar-refractivity contribution is 7.15. The molecule has 1 aromatic heterocycles. The number of nitrogens with one attached hydrogen (secondary N) is 2. The van der Waals surface area contributed by atoms with Gasteiger partial charge in [0.15, 0.2) is 4.47 Å². The van der Waals surface area contributed by atoms with E-state index in [9.17, 15) is 4.79 Å². The fourth-order valence-corrected chi connectivity index (χ4v) is 2.64. The molecule has 0 spiro atoms. The van der Waals surface area contributed by atoms with Gasteiger partial charge in [0.2, 0.25) is 5.91 Å². The smallest absolute Gasteiger partial charge is 0.220 e. The summed E-state index contributed by atoms with van der Waals surface area (Å²) in [6.45, 7) is 0.710. The Morgan fingerprint density at radius 3 is 2.70 bits per heavy atom. The molecule has 106 valence electrons. The predicted molar refractivity (Wildman–Crippen MR) is 83.3 cm³/mol. The molecule has 0 unspecified atom stereocenters. The number of benzene rings is 1. The average molecular weight is 310 g/mol. The number of anilines is 1. The first-order valence-electron chi connectivity index (χ1n) is 6.31. The number of carbonyl (C=O) groups is 1. The molecule has 1 heterocycles. The third-order valence-corrected chi connectivity index (χ3v) is 3.98. The number of nitrogens with zero attached hydrogens (tertiary/aromatic N) is 1. The van der Waals surface area contributed by atoms with Crippen LogP contribution in [0.15, 0.2) is 30.5 Å². The number of amides is 1. The molecule has 0 aliphatic rings. The lowest BCUT2D eigenvalue weighted by atomic mass is 10.1. The average Bonchev–Trinajstić information content (AvgIpc) is 2.89. The summed E-state index contributed by atoms with van der Waals surface area (Å²) in [6, 6.07) is 8.10. The topological polar surface area (TPSA) is 54.0 Å². The Hall–Kier alpha value is -1.59. The van der Waals surface area contributed by atoms with Gasteiger partial charge in [-0.25, -0.2) is 4.98 Å². The van der Waals surface area contributed by atoms with Crippen LogP contribution in [0, 0.1) is 0 Å². The molecule has 0 radical (unpaired) electrons. The summed E-state index contributed by atoms with van der Waals surface area (Å²) in [6.07, 6.45) is 3.05. The first kappa shape index (κ1) is 14.8. The molecule has 0 atom stereocenters. The lowest BCUT2D eigenvalue weighted by Gasteiger charge is -2.06. The van der Waals surface area contributed by atoms with E-state index >= 15 is 0 Å². The lowest BCUT2D eigenvalue weighted by Crippen LogP contribution is -2.17. The van der Waals surface area contributed by atoms with E-state index in [0.29, 0.717) is 17.4 Å². The molecule has 0 saturated carbocycles. The standard InChI is InChI=1S/C14H16ClN3OS/c1-16-13(19)7-4-10-2-5-11(6-3-10)17-8-12-9-18-14(15)20-12/h2-3,5-6,9,17H,4,7-8H2,1H3,(H,16,19). The highest BCUT2D eigenvalue weighted by Crippen LogP contribution is 2.19. The molecule has 2 aromatic rings. The molecule has 2 rings (SSSR count). The number of rotatable bonds is 6. The fraction of sp³-hybridized carbons (Fsp3) is 0.286. The summed E-state index contributed by atoms with van der Waals surface area (Å²) in [4.78, 5) is 16.3. The van der Waals surface area contributed by atoms with Crippen molar-refractivity contribution in [2.24, 2.45) is 0 Å². The van der Waals surface area contributed by atoms with E-state index in [-0.39, 0.29) is 5.91 Å². The summed E-state index contributed by atoms with van der Waals surface area (Å²) < 4.78 is 0.561. The maximum atomic E-state index is 11.2.